The highest BCUT2D eigenvalue weighted by Crippen LogP contribution is 2.31. The average Bonchev–Trinajstić information content (AvgIpc) is 3.03. The van der Waals surface area contributed by atoms with Gasteiger partial charge in [0.1, 0.15) is 5.82 Å². The summed E-state index contributed by atoms with van der Waals surface area (Å²) >= 11 is 5.90. The highest BCUT2D eigenvalue weighted by Gasteiger charge is 2.26. The fourth-order valence-corrected chi connectivity index (χ4v) is 3.85. The van der Waals surface area contributed by atoms with Crippen LogP contribution in [0.2, 0.25) is 5.02 Å². The molecule has 0 radical (unpaired) electrons. The molecule has 0 saturated carbocycles. The summed E-state index contributed by atoms with van der Waals surface area (Å²) in [5.74, 6) is -1.20. The van der Waals surface area contributed by atoms with Gasteiger partial charge in [0.15, 0.2) is 0 Å². The predicted octanol–water partition coefficient (Wildman–Crippen LogP) is 2.25. The minimum absolute atomic E-state index is 0.00648. The Morgan fingerprint density at radius 2 is 1.82 bits per heavy atom. The van der Waals surface area contributed by atoms with Gasteiger partial charge in [0, 0.05) is 11.4 Å². The van der Waals surface area contributed by atoms with Crippen LogP contribution in [0.1, 0.15) is 18.0 Å². The number of sulfonamides is 1. The highest BCUT2D eigenvalue weighted by molar-refractivity contribution is 7.92. The van der Waals surface area contributed by atoms with Crippen LogP contribution in [0, 0.1) is 5.82 Å². The molecular weight excluding hydrogens is 409 g/mol. The summed E-state index contributed by atoms with van der Waals surface area (Å²) in [7, 11) is -4.03. The summed E-state index contributed by atoms with van der Waals surface area (Å²) in [6.07, 6.45) is 0.0577. The third-order valence-electron chi connectivity index (χ3n) is 4.11. The molecule has 0 bridgehead atoms. The van der Waals surface area contributed by atoms with Gasteiger partial charge in [-0.05, 0) is 47.9 Å². The third kappa shape index (κ3) is 3.56. The van der Waals surface area contributed by atoms with E-state index < -0.39 is 27.8 Å². The van der Waals surface area contributed by atoms with Crippen molar-refractivity contribution < 1.29 is 17.9 Å². The van der Waals surface area contributed by atoms with Crippen LogP contribution in [-0.2, 0) is 10.0 Å². The number of hydrogen-bond donors (Lipinski definition) is 1. The molecule has 144 valence electrons. The summed E-state index contributed by atoms with van der Waals surface area (Å²) in [6, 6.07) is 10.7. The lowest BCUT2D eigenvalue weighted by molar-refractivity contribution is -0.219. The van der Waals surface area contributed by atoms with Crippen LogP contribution in [0.4, 0.5) is 16.3 Å². The number of anilines is 1. The molecule has 11 heteroatoms. The van der Waals surface area contributed by atoms with E-state index in [1.54, 1.807) is 24.3 Å². The van der Waals surface area contributed by atoms with Crippen molar-refractivity contribution in [2.24, 2.45) is 4.99 Å². The van der Waals surface area contributed by atoms with Crippen molar-refractivity contribution in [3.05, 3.63) is 64.9 Å². The van der Waals surface area contributed by atoms with Crippen molar-refractivity contribution in [2.45, 2.75) is 17.4 Å². The second-order valence-corrected chi connectivity index (χ2v) is 8.14. The quantitative estimate of drug-likeness (QED) is 0.695. The van der Waals surface area contributed by atoms with Crippen LogP contribution in [-0.4, -0.2) is 29.1 Å². The Morgan fingerprint density at radius 1 is 1.14 bits per heavy atom. The van der Waals surface area contributed by atoms with Crippen LogP contribution in [0.3, 0.4) is 0 Å². The molecule has 0 fully saturated rings. The molecule has 1 aromatic heterocycles. The minimum Gasteiger partial charge on any atom is -0.862 e. The van der Waals surface area contributed by atoms with Crippen molar-refractivity contribution in [1.29, 1.82) is 0 Å². The first kappa shape index (κ1) is 18.4. The molecule has 0 spiro atoms. The summed E-state index contributed by atoms with van der Waals surface area (Å²) < 4.78 is 41.5. The van der Waals surface area contributed by atoms with Crippen LogP contribution < -0.4 is 9.83 Å². The largest absolute Gasteiger partial charge is 0.862 e. The zero-order chi connectivity index (χ0) is 19.9. The van der Waals surface area contributed by atoms with E-state index in [0.717, 1.165) is 29.8 Å². The first-order chi connectivity index (χ1) is 13.3. The van der Waals surface area contributed by atoms with E-state index in [4.69, 9.17) is 11.6 Å². The van der Waals surface area contributed by atoms with E-state index in [-0.39, 0.29) is 23.2 Å². The van der Waals surface area contributed by atoms with E-state index in [1.165, 1.54) is 4.68 Å². The second-order valence-electron chi connectivity index (χ2n) is 6.02. The lowest BCUT2D eigenvalue weighted by atomic mass is 10.0. The Hall–Kier alpha value is -2.98. The summed E-state index contributed by atoms with van der Waals surface area (Å²) in [5, 5.41) is 16.7. The molecule has 1 N–H and O–H groups in total. The molecule has 0 aliphatic carbocycles. The Morgan fingerprint density at radius 3 is 2.50 bits per heavy atom. The molecule has 3 aromatic rings. The van der Waals surface area contributed by atoms with Crippen molar-refractivity contribution in [2.75, 3.05) is 4.72 Å². The first-order valence-electron chi connectivity index (χ1n) is 8.07. The Labute approximate surface area is 164 Å². The molecule has 0 saturated heterocycles. The van der Waals surface area contributed by atoms with Gasteiger partial charge in [-0.1, -0.05) is 23.7 Å². The fraction of sp³-hybridized carbons (Fsp3) is 0.118. The molecule has 28 heavy (non-hydrogen) atoms. The van der Waals surface area contributed by atoms with Crippen LogP contribution in [0.25, 0.3) is 0 Å². The highest BCUT2D eigenvalue weighted by atomic mass is 35.5. The van der Waals surface area contributed by atoms with E-state index in [0.29, 0.717) is 5.02 Å². The number of fused-ring (bicyclic) bond motifs is 1. The van der Waals surface area contributed by atoms with Gasteiger partial charge in [0.25, 0.3) is 16.0 Å². The molecule has 1 aliphatic rings. The topological polar surface area (TPSA) is 112 Å². The zero-order valence-corrected chi connectivity index (χ0v) is 15.7. The molecular formula is C17H12ClFN5O3S-. The van der Waals surface area contributed by atoms with E-state index >= 15 is 0 Å². The average molecular weight is 421 g/mol. The molecule has 8 nitrogen and oxygen atoms in total. The van der Waals surface area contributed by atoms with Gasteiger partial charge in [0.05, 0.1) is 10.9 Å². The number of nitrogens with zero attached hydrogens (tertiary/aromatic N) is 4. The normalized spacial score (nSPS) is 16.4. The Kier molecular flexibility index (Phi) is 4.52. The van der Waals surface area contributed by atoms with Gasteiger partial charge in [-0.25, -0.2) is 27.2 Å². The lowest BCUT2D eigenvalue weighted by Crippen LogP contribution is -2.28. The SMILES string of the molecule is O=S(=O)(Nc1nc2n(n1)[C@@H](c1ccc(Cl)cc1)CC([O-])=N2)c1ccc(F)cc1. The molecule has 2 aromatic carbocycles. The minimum atomic E-state index is -4.03. The van der Waals surface area contributed by atoms with Gasteiger partial charge in [-0.2, -0.15) is 4.98 Å². The smallest absolute Gasteiger partial charge is 0.264 e. The number of hydrogen-bond acceptors (Lipinski definition) is 6. The van der Waals surface area contributed by atoms with E-state index in [1.807, 2.05) is 0 Å². The number of rotatable bonds is 4. The number of nitrogens with one attached hydrogen (secondary N) is 1. The van der Waals surface area contributed by atoms with Crippen LogP contribution in [0.15, 0.2) is 58.4 Å². The second kappa shape index (κ2) is 6.88. The van der Waals surface area contributed by atoms with Crippen molar-refractivity contribution in [1.82, 2.24) is 14.8 Å². The Bertz CT molecular complexity index is 1160. The maximum absolute atomic E-state index is 13.0. The van der Waals surface area contributed by atoms with Crippen LogP contribution in [0.5, 0.6) is 0 Å². The molecule has 1 atom stereocenters. The fourth-order valence-electron chi connectivity index (χ4n) is 2.79. The number of benzene rings is 2. The lowest BCUT2D eigenvalue weighted by Gasteiger charge is -2.25. The number of halogens is 2. The monoisotopic (exact) mass is 420 g/mol. The van der Waals surface area contributed by atoms with Gasteiger partial charge in [-0.15, -0.1) is 5.10 Å². The third-order valence-corrected chi connectivity index (χ3v) is 5.70. The molecule has 4 rings (SSSR count). The van der Waals surface area contributed by atoms with Crippen molar-refractivity contribution in [3.8, 4) is 0 Å². The standard InChI is InChI=1S/C17H13ClFN5O3S/c18-11-3-1-10(2-4-11)14-9-15(25)20-17-21-16(22-24(14)17)23-28(26,27)13-7-5-12(19)6-8-13/h1-8,14H,9H2,(H2,20,21,22,23,25)/p-1/t14-/m1/s1. The number of aromatic nitrogens is 3. The molecule has 0 unspecified atom stereocenters. The molecule has 0 amide bonds. The zero-order valence-electron chi connectivity index (χ0n) is 14.1. The molecule has 2 heterocycles. The first-order valence-corrected chi connectivity index (χ1v) is 9.93. The van der Waals surface area contributed by atoms with Gasteiger partial charge in [0.2, 0.25) is 5.95 Å². The van der Waals surface area contributed by atoms with E-state index in [9.17, 15) is 17.9 Å². The van der Waals surface area contributed by atoms with E-state index in [2.05, 4.69) is 19.8 Å². The van der Waals surface area contributed by atoms with Gasteiger partial charge >= 0.3 is 0 Å². The maximum Gasteiger partial charge on any atom is 0.264 e. The number of aliphatic imine (C=N–C) groups is 1. The molecule has 1 aliphatic heterocycles. The summed E-state index contributed by atoms with van der Waals surface area (Å²) in [5.41, 5.74) is 0.756. The maximum atomic E-state index is 13.0. The predicted molar refractivity (Wildman–Crippen MR) is 98.5 cm³/mol. The summed E-state index contributed by atoms with van der Waals surface area (Å²) in [6.45, 7) is 0. The van der Waals surface area contributed by atoms with Crippen molar-refractivity contribution >= 4 is 39.4 Å². The van der Waals surface area contributed by atoms with Gasteiger partial charge in [-0.3, -0.25) is 0 Å². The summed E-state index contributed by atoms with van der Waals surface area (Å²) in [4.78, 5) is 7.66. The van der Waals surface area contributed by atoms with Crippen molar-refractivity contribution in [3.63, 3.8) is 0 Å². The Balaban J connectivity index is 1.68. The van der Waals surface area contributed by atoms with Crippen LogP contribution >= 0.6 is 11.6 Å². The van der Waals surface area contributed by atoms with Gasteiger partial charge < -0.3 is 5.11 Å².